The van der Waals surface area contributed by atoms with Crippen LogP contribution in [0.3, 0.4) is 0 Å². The fourth-order valence-electron chi connectivity index (χ4n) is 2.43. The molecule has 1 aliphatic heterocycles. The average molecular weight is 290 g/mol. The van der Waals surface area contributed by atoms with Gasteiger partial charge in [-0.25, -0.2) is 0 Å². The van der Waals surface area contributed by atoms with Crippen LogP contribution in [0.4, 0.5) is 5.69 Å². The van der Waals surface area contributed by atoms with Gasteiger partial charge in [0.15, 0.2) is 0 Å². The Labute approximate surface area is 125 Å². The minimum absolute atomic E-state index is 0.0961. The molecule has 114 valence electrons. The van der Waals surface area contributed by atoms with E-state index in [-0.39, 0.29) is 17.8 Å². The molecule has 1 aromatic carbocycles. The highest BCUT2D eigenvalue weighted by molar-refractivity contribution is 5.92. The number of aryl methyl sites for hydroxylation is 1. The molecule has 2 rings (SSSR count). The SMILES string of the molecule is COC(=O)CCc1ccc(NC(=O)C2CCNCC2)cc1. The molecule has 21 heavy (non-hydrogen) atoms. The van der Waals surface area contributed by atoms with Crippen molar-refractivity contribution in [2.75, 3.05) is 25.5 Å². The van der Waals surface area contributed by atoms with Crippen molar-refractivity contribution in [3.8, 4) is 0 Å². The highest BCUT2D eigenvalue weighted by atomic mass is 16.5. The minimum Gasteiger partial charge on any atom is -0.469 e. The first-order valence-electron chi connectivity index (χ1n) is 7.36. The number of ether oxygens (including phenoxy) is 1. The number of carbonyl (C=O) groups excluding carboxylic acids is 2. The Morgan fingerprint density at radius 1 is 1.24 bits per heavy atom. The van der Waals surface area contributed by atoms with Gasteiger partial charge in [-0.2, -0.15) is 0 Å². The molecular weight excluding hydrogens is 268 g/mol. The molecule has 0 atom stereocenters. The summed E-state index contributed by atoms with van der Waals surface area (Å²) in [7, 11) is 1.39. The maximum Gasteiger partial charge on any atom is 0.305 e. The van der Waals surface area contributed by atoms with Crippen molar-refractivity contribution in [3.63, 3.8) is 0 Å². The Bertz CT molecular complexity index is 479. The van der Waals surface area contributed by atoms with Gasteiger partial charge in [0.1, 0.15) is 0 Å². The third-order valence-electron chi connectivity index (χ3n) is 3.78. The smallest absolute Gasteiger partial charge is 0.305 e. The van der Waals surface area contributed by atoms with Crippen LogP contribution in [-0.2, 0) is 20.7 Å². The third-order valence-corrected chi connectivity index (χ3v) is 3.78. The van der Waals surface area contributed by atoms with E-state index in [1.165, 1.54) is 7.11 Å². The molecule has 0 aromatic heterocycles. The predicted octanol–water partition coefficient (Wildman–Crippen LogP) is 1.73. The number of carbonyl (C=O) groups is 2. The molecule has 1 amide bonds. The van der Waals surface area contributed by atoms with E-state index in [1.807, 2.05) is 24.3 Å². The fraction of sp³-hybridized carbons (Fsp3) is 0.500. The van der Waals surface area contributed by atoms with Gasteiger partial charge < -0.3 is 15.4 Å². The van der Waals surface area contributed by atoms with Crippen LogP contribution in [0.2, 0.25) is 0 Å². The summed E-state index contributed by atoms with van der Waals surface area (Å²) in [5.41, 5.74) is 1.86. The van der Waals surface area contributed by atoms with Gasteiger partial charge in [-0.3, -0.25) is 9.59 Å². The second-order valence-electron chi connectivity index (χ2n) is 5.29. The third kappa shape index (κ3) is 4.86. The molecule has 1 aromatic rings. The van der Waals surface area contributed by atoms with Crippen molar-refractivity contribution >= 4 is 17.6 Å². The van der Waals surface area contributed by atoms with E-state index in [0.717, 1.165) is 37.2 Å². The summed E-state index contributed by atoms with van der Waals surface area (Å²) in [6.07, 6.45) is 2.80. The summed E-state index contributed by atoms with van der Waals surface area (Å²) in [4.78, 5) is 23.2. The molecule has 1 saturated heterocycles. The van der Waals surface area contributed by atoms with Crippen molar-refractivity contribution in [1.82, 2.24) is 5.32 Å². The monoisotopic (exact) mass is 290 g/mol. The van der Waals surface area contributed by atoms with Crippen molar-refractivity contribution in [2.45, 2.75) is 25.7 Å². The van der Waals surface area contributed by atoms with Crippen LogP contribution < -0.4 is 10.6 Å². The maximum absolute atomic E-state index is 12.1. The lowest BCUT2D eigenvalue weighted by atomic mass is 9.97. The number of piperidine rings is 1. The van der Waals surface area contributed by atoms with Crippen molar-refractivity contribution in [1.29, 1.82) is 0 Å². The Hall–Kier alpha value is -1.88. The molecule has 0 bridgehead atoms. The van der Waals surface area contributed by atoms with Gasteiger partial charge in [0.2, 0.25) is 5.91 Å². The molecule has 0 saturated carbocycles. The zero-order chi connectivity index (χ0) is 15.1. The molecule has 2 N–H and O–H groups in total. The van der Waals surface area contributed by atoms with Gasteiger partial charge in [-0.15, -0.1) is 0 Å². The molecule has 1 fully saturated rings. The number of hydrogen-bond acceptors (Lipinski definition) is 4. The highest BCUT2D eigenvalue weighted by Crippen LogP contribution is 2.16. The van der Waals surface area contributed by atoms with E-state index in [0.29, 0.717) is 12.8 Å². The zero-order valence-corrected chi connectivity index (χ0v) is 12.4. The second-order valence-corrected chi connectivity index (χ2v) is 5.29. The number of esters is 1. The topological polar surface area (TPSA) is 67.4 Å². The number of amides is 1. The lowest BCUT2D eigenvalue weighted by Gasteiger charge is -2.21. The van der Waals surface area contributed by atoms with Crippen LogP contribution in [-0.4, -0.2) is 32.1 Å². The first-order chi connectivity index (χ1) is 10.2. The van der Waals surface area contributed by atoms with Gasteiger partial charge in [-0.1, -0.05) is 12.1 Å². The number of nitrogens with one attached hydrogen (secondary N) is 2. The fourth-order valence-corrected chi connectivity index (χ4v) is 2.43. The molecule has 0 spiro atoms. The van der Waals surface area contributed by atoms with Crippen LogP contribution in [0.25, 0.3) is 0 Å². The first-order valence-corrected chi connectivity index (χ1v) is 7.36. The molecule has 0 aliphatic carbocycles. The number of anilines is 1. The van der Waals surface area contributed by atoms with Gasteiger partial charge in [0, 0.05) is 18.0 Å². The van der Waals surface area contributed by atoms with Crippen molar-refractivity contribution < 1.29 is 14.3 Å². The zero-order valence-electron chi connectivity index (χ0n) is 12.4. The lowest BCUT2D eigenvalue weighted by molar-refractivity contribution is -0.140. The van der Waals surface area contributed by atoms with Gasteiger partial charge in [0.05, 0.1) is 7.11 Å². The Morgan fingerprint density at radius 2 is 1.90 bits per heavy atom. The summed E-state index contributed by atoms with van der Waals surface area (Å²) in [6.45, 7) is 1.81. The molecule has 1 aliphatic rings. The summed E-state index contributed by atoms with van der Waals surface area (Å²) >= 11 is 0. The number of rotatable bonds is 5. The normalized spacial score (nSPS) is 15.5. The van der Waals surface area contributed by atoms with Crippen LogP contribution in [0.1, 0.15) is 24.8 Å². The summed E-state index contributed by atoms with van der Waals surface area (Å²) in [6, 6.07) is 7.62. The van der Waals surface area contributed by atoms with E-state index in [9.17, 15) is 9.59 Å². The predicted molar refractivity (Wildman–Crippen MR) is 81.0 cm³/mol. The number of methoxy groups -OCH3 is 1. The van der Waals surface area contributed by atoms with Gasteiger partial charge in [0.25, 0.3) is 0 Å². The molecule has 0 unspecified atom stereocenters. The summed E-state index contributed by atoms with van der Waals surface area (Å²) in [5, 5.41) is 6.21. The van der Waals surface area contributed by atoms with Crippen LogP contribution in [0.5, 0.6) is 0 Å². The van der Waals surface area contributed by atoms with Crippen molar-refractivity contribution in [3.05, 3.63) is 29.8 Å². The minimum atomic E-state index is -0.210. The maximum atomic E-state index is 12.1. The van der Waals surface area contributed by atoms with E-state index in [2.05, 4.69) is 15.4 Å². The molecule has 0 radical (unpaired) electrons. The highest BCUT2D eigenvalue weighted by Gasteiger charge is 2.20. The van der Waals surface area contributed by atoms with E-state index >= 15 is 0 Å². The largest absolute Gasteiger partial charge is 0.469 e. The van der Waals surface area contributed by atoms with Crippen LogP contribution in [0, 0.1) is 5.92 Å². The van der Waals surface area contributed by atoms with E-state index in [4.69, 9.17) is 0 Å². The molecule has 1 heterocycles. The standard InChI is InChI=1S/C16H22N2O3/c1-21-15(19)7-4-12-2-5-14(6-3-12)18-16(20)13-8-10-17-11-9-13/h2-3,5-6,13,17H,4,7-11H2,1H3,(H,18,20). The average Bonchev–Trinajstić information content (AvgIpc) is 2.54. The van der Waals surface area contributed by atoms with Crippen LogP contribution in [0.15, 0.2) is 24.3 Å². The van der Waals surface area contributed by atoms with Crippen molar-refractivity contribution in [2.24, 2.45) is 5.92 Å². The first kappa shape index (κ1) is 15.5. The Morgan fingerprint density at radius 3 is 2.52 bits per heavy atom. The second kappa shape index (κ2) is 7.78. The number of hydrogen-bond donors (Lipinski definition) is 2. The quantitative estimate of drug-likeness (QED) is 0.810. The van der Waals surface area contributed by atoms with E-state index in [1.54, 1.807) is 0 Å². The summed E-state index contributed by atoms with van der Waals surface area (Å²) in [5.74, 6) is -0.0117. The lowest BCUT2D eigenvalue weighted by Crippen LogP contribution is -2.34. The van der Waals surface area contributed by atoms with Gasteiger partial charge in [-0.05, 0) is 50.0 Å². The van der Waals surface area contributed by atoms with E-state index < -0.39 is 0 Å². The Balaban J connectivity index is 1.84. The summed E-state index contributed by atoms with van der Waals surface area (Å²) < 4.78 is 4.61. The van der Waals surface area contributed by atoms with Crippen LogP contribution >= 0.6 is 0 Å². The molecular formula is C16H22N2O3. The Kier molecular flexibility index (Phi) is 5.75. The van der Waals surface area contributed by atoms with Gasteiger partial charge >= 0.3 is 5.97 Å². The molecule has 5 nitrogen and oxygen atoms in total. The number of benzene rings is 1. The molecule has 5 heteroatoms.